The molecule has 0 saturated heterocycles. The highest BCUT2D eigenvalue weighted by Crippen LogP contribution is 2.36. The van der Waals surface area contributed by atoms with E-state index in [9.17, 15) is 4.79 Å². The van der Waals surface area contributed by atoms with Gasteiger partial charge in [0.25, 0.3) is 0 Å². The van der Waals surface area contributed by atoms with Crippen molar-refractivity contribution < 1.29 is 14.3 Å². The highest BCUT2D eigenvalue weighted by atomic mass is 16.5. The van der Waals surface area contributed by atoms with Crippen LogP contribution < -0.4 is 10.1 Å². The fraction of sp³-hybridized carbons (Fsp3) is 0.417. The number of nitrogens with one attached hydrogen (secondary N) is 1. The van der Waals surface area contributed by atoms with Gasteiger partial charge in [-0.15, -0.1) is 0 Å². The zero-order valence-corrected chi connectivity index (χ0v) is 9.72. The molecule has 0 fully saturated rings. The topological polar surface area (TPSA) is 47.6 Å². The summed E-state index contributed by atoms with van der Waals surface area (Å²) >= 11 is 0. The van der Waals surface area contributed by atoms with Crippen LogP contribution in [-0.4, -0.2) is 26.7 Å². The van der Waals surface area contributed by atoms with E-state index in [0.29, 0.717) is 5.56 Å². The third kappa shape index (κ3) is 1.50. The largest absolute Gasteiger partial charge is 0.496 e. The molecule has 4 heteroatoms. The van der Waals surface area contributed by atoms with Gasteiger partial charge in [-0.05, 0) is 19.4 Å². The first-order chi connectivity index (χ1) is 7.69. The number of anilines is 1. The van der Waals surface area contributed by atoms with Crippen molar-refractivity contribution in [2.75, 3.05) is 26.1 Å². The first kappa shape index (κ1) is 10.8. The third-order valence-corrected chi connectivity index (χ3v) is 2.93. The summed E-state index contributed by atoms with van der Waals surface area (Å²) in [6.07, 6.45) is 0.931. The smallest absolute Gasteiger partial charge is 0.338 e. The monoisotopic (exact) mass is 221 g/mol. The zero-order chi connectivity index (χ0) is 11.7. The molecule has 0 radical (unpaired) electrons. The molecule has 0 aromatic heterocycles. The molecular formula is C12H15NO3. The number of carbonyl (C=O) groups excluding carboxylic acids is 1. The minimum atomic E-state index is -0.327. The van der Waals surface area contributed by atoms with Gasteiger partial charge < -0.3 is 14.8 Å². The van der Waals surface area contributed by atoms with Crippen molar-refractivity contribution in [1.29, 1.82) is 0 Å². The van der Waals surface area contributed by atoms with Crippen LogP contribution in [0.25, 0.3) is 0 Å². The average molecular weight is 221 g/mol. The van der Waals surface area contributed by atoms with Gasteiger partial charge in [-0.1, -0.05) is 0 Å². The number of methoxy groups -OCH3 is 2. The lowest BCUT2D eigenvalue weighted by atomic mass is 10.0. The Hall–Kier alpha value is -1.71. The highest BCUT2D eigenvalue weighted by Gasteiger charge is 2.22. The van der Waals surface area contributed by atoms with Crippen LogP contribution in [0.5, 0.6) is 5.75 Å². The van der Waals surface area contributed by atoms with E-state index in [0.717, 1.165) is 35.5 Å². The number of carbonyl (C=O) groups is 1. The SMILES string of the molecule is COC(=O)c1cc2c(c(OC)c1C)CCN2. The summed E-state index contributed by atoms with van der Waals surface area (Å²) in [5.41, 5.74) is 3.53. The van der Waals surface area contributed by atoms with Crippen molar-refractivity contribution >= 4 is 11.7 Å². The Bertz CT molecular complexity index is 440. The van der Waals surface area contributed by atoms with E-state index in [4.69, 9.17) is 9.47 Å². The molecule has 4 nitrogen and oxygen atoms in total. The Morgan fingerprint density at radius 3 is 2.81 bits per heavy atom. The van der Waals surface area contributed by atoms with Crippen molar-refractivity contribution in [2.24, 2.45) is 0 Å². The lowest BCUT2D eigenvalue weighted by Crippen LogP contribution is -2.06. The van der Waals surface area contributed by atoms with Gasteiger partial charge in [0, 0.05) is 23.4 Å². The predicted octanol–water partition coefficient (Wildman–Crippen LogP) is 1.76. The average Bonchev–Trinajstić information content (AvgIpc) is 2.75. The van der Waals surface area contributed by atoms with Crippen molar-refractivity contribution in [3.63, 3.8) is 0 Å². The van der Waals surface area contributed by atoms with Crippen molar-refractivity contribution in [3.05, 3.63) is 22.8 Å². The summed E-state index contributed by atoms with van der Waals surface area (Å²) in [6.45, 7) is 2.76. The van der Waals surface area contributed by atoms with Crippen molar-refractivity contribution in [3.8, 4) is 5.75 Å². The van der Waals surface area contributed by atoms with Gasteiger partial charge in [0.1, 0.15) is 5.75 Å². The molecule has 0 saturated carbocycles. The molecule has 0 aliphatic carbocycles. The van der Waals surface area contributed by atoms with Crippen LogP contribution in [0.2, 0.25) is 0 Å². The summed E-state index contributed by atoms with van der Waals surface area (Å²) in [4.78, 5) is 11.6. The van der Waals surface area contributed by atoms with Crippen LogP contribution in [0.1, 0.15) is 21.5 Å². The van der Waals surface area contributed by atoms with Gasteiger partial charge in [-0.2, -0.15) is 0 Å². The van der Waals surface area contributed by atoms with Crippen molar-refractivity contribution in [1.82, 2.24) is 0 Å². The number of esters is 1. The number of rotatable bonds is 2. The number of hydrogen-bond donors (Lipinski definition) is 1. The van der Waals surface area contributed by atoms with Gasteiger partial charge in [0.15, 0.2) is 0 Å². The maximum Gasteiger partial charge on any atom is 0.338 e. The maximum atomic E-state index is 11.6. The van der Waals surface area contributed by atoms with Gasteiger partial charge >= 0.3 is 5.97 Å². The molecule has 16 heavy (non-hydrogen) atoms. The molecule has 0 amide bonds. The lowest BCUT2D eigenvalue weighted by molar-refractivity contribution is 0.0599. The molecular weight excluding hydrogens is 206 g/mol. The summed E-state index contributed by atoms with van der Waals surface area (Å²) in [5.74, 6) is 0.468. The third-order valence-electron chi connectivity index (χ3n) is 2.93. The van der Waals surface area contributed by atoms with E-state index in [-0.39, 0.29) is 5.97 Å². The van der Waals surface area contributed by atoms with Crippen LogP contribution in [0.15, 0.2) is 6.07 Å². The van der Waals surface area contributed by atoms with E-state index < -0.39 is 0 Å². The first-order valence-corrected chi connectivity index (χ1v) is 5.21. The molecule has 1 aromatic rings. The standard InChI is InChI=1S/C12H15NO3/c1-7-9(12(14)16-3)6-10-8(4-5-13-10)11(7)15-2/h6,13H,4-5H2,1-3H3. The minimum absolute atomic E-state index is 0.327. The molecule has 86 valence electrons. The van der Waals surface area contributed by atoms with Crippen LogP contribution in [0.3, 0.4) is 0 Å². The number of ether oxygens (including phenoxy) is 2. The van der Waals surface area contributed by atoms with E-state index >= 15 is 0 Å². The van der Waals surface area contributed by atoms with E-state index in [1.54, 1.807) is 7.11 Å². The fourth-order valence-corrected chi connectivity index (χ4v) is 2.14. The zero-order valence-electron chi connectivity index (χ0n) is 9.72. The van der Waals surface area contributed by atoms with Crippen LogP contribution in [0.4, 0.5) is 5.69 Å². The molecule has 1 heterocycles. The van der Waals surface area contributed by atoms with Gasteiger partial charge in [0.2, 0.25) is 0 Å². The van der Waals surface area contributed by atoms with Crippen molar-refractivity contribution in [2.45, 2.75) is 13.3 Å². The molecule has 1 aliphatic heterocycles. The summed E-state index contributed by atoms with van der Waals surface area (Å²) in [6, 6.07) is 1.84. The second-order valence-corrected chi connectivity index (χ2v) is 3.78. The maximum absolute atomic E-state index is 11.6. The fourth-order valence-electron chi connectivity index (χ4n) is 2.14. The van der Waals surface area contributed by atoms with Crippen LogP contribution in [-0.2, 0) is 11.2 Å². The second-order valence-electron chi connectivity index (χ2n) is 3.78. The second kappa shape index (κ2) is 4.04. The molecule has 0 atom stereocenters. The molecule has 1 aromatic carbocycles. The molecule has 0 spiro atoms. The Balaban J connectivity index is 2.60. The van der Waals surface area contributed by atoms with Crippen LogP contribution >= 0.6 is 0 Å². The first-order valence-electron chi connectivity index (χ1n) is 5.21. The van der Waals surface area contributed by atoms with Gasteiger partial charge in [-0.3, -0.25) is 0 Å². The highest BCUT2D eigenvalue weighted by molar-refractivity contribution is 5.94. The minimum Gasteiger partial charge on any atom is -0.496 e. The van der Waals surface area contributed by atoms with Crippen LogP contribution in [0, 0.1) is 6.92 Å². The summed E-state index contributed by atoms with van der Waals surface area (Å²) in [5, 5.41) is 3.23. The summed E-state index contributed by atoms with van der Waals surface area (Å²) < 4.78 is 10.1. The Morgan fingerprint density at radius 1 is 1.44 bits per heavy atom. The predicted molar refractivity (Wildman–Crippen MR) is 61.3 cm³/mol. The lowest BCUT2D eigenvalue weighted by Gasteiger charge is -2.13. The number of benzene rings is 1. The number of hydrogen-bond acceptors (Lipinski definition) is 4. The Kier molecular flexibility index (Phi) is 2.73. The molecule has 2 rings (SSSR count). The molecule has 0 unspecified atom stereocenters. The van der Waals surface area contributed by atoms with E-state index in [2.05, 4.69) is 5.32 Å². The van der Waals surface area contributed by atoms with Gasteiger partial charge in [0.05, 0.1) is 19.8 Å². The Morgan fingerprint density at radius 2 is 2.19 bits per heavy atom. The van der Waals surface area contributed by atoms with E-state index in [1.807, 2.05) is 13.0 Å². The summed E-state index contributed by atoms with van der Waals surface area (Å²) in [7, 11) is 3.01. The molecule has 1 N–H and O–H groups in total. The molecule has 0 bridgehead atoms. The normalized spacial score (nSPS) is 12.9. The van der Waals surface area contributed by atoms with Gasteiger partial charge in [-0.25, -0.2) is 4.79 Å². The quantitative estimate of drug-likeness (QED) is 0.773. The Labute approximate surface area is 94.6 Å². The molecule has 1 aliphatic rings. The number of fused-ring (bicyclic) bond motifs is 1. The van der Waals surface area contributed by atoms with E-state index in [1.165, 1.54) is 7.11 Å².